The van der Waals surface area contributed by atoms with E-state index in [0.29, 0.717) is 5.56 Å². The summed E-state index contributed by atoms with van der Waals surface area (Å²) in [7, 11) is 0. The highest BCUT2D eigenvalue weighted by Crippen LogP contribution is 2.16. The van der Waals surface area contributed by atoms with Gasteiger partial charge in [0.2, 0.25) is 5.91 Å². The molecule has 1 unspecified atom stereocenters. The van der Waals surface area contributed by atoms with Crippen LogP contribution in [0.25, 0.3) is 0 Å². The van der Waals surface area contributed by atoms with Crippen LogP contribution in [-0.2, 0) is 4.79 Å². The summed E-state index contributed by atoms with van der Waals surface area (Å²) in [5.74, 6) is -0.444. The molecule has 1 aromatic carbocycles. The zero-order valence-electron chi connectivity index (χ0n) is 11.1. The molecule has 0 radical (unpaired) electrons. The van der Waals surface area contributed by atoms with Gasteiger partial charge in [0.05, 0.1) is 12.1 Å². The van der Waals surface area contributed by atoms with Crippen LogP contribution >= 0.6 is 0 Å². The Bertz CT molecular complexity index is 409. The fourth-order valence-corrected chi connectivity index (χ4v) is 1.73. The molecule has 100 valence electrons. The second-order valence-corrected chi connectivity index (χ2v) is 4.66. The molecule has 1 amide bonds. The highest BCUT2D eigenvalue weighted by molar-refractivity contribution is 5.82. The van der Waals surface area contributed by atoms with E-state index in [4.69, 9.17) is 5.73 Å². The number of nitrogens with one attached hydrogen (secondary N) is 1. The van der Waals surface area contributed by atoms with E-state index < -0.39 is 6.04 Å². The van der Waals surface area contributed by atoms with Crippen LogP contribution in [-0.4, -0.2) is 11.9 Å². The number of hydrogen-bond acceptors (Lipinski definition) is 2. The van der Waals surface area contributed by atoms with Crippen LogP contribution in [0.1, 0.15) is 38.8 Å². The molecule has 0 aromatic heterocycles. The van der Waals surface area contributed by atoms with Crippen molar-refractivity contribution in [3.8, 4) is 0 Å². The first-order chi connectivity index (χ1) is 8.47. The van der Waals surface area contributed by atoms with Crippen molar-refractivity contribution in [3.05, 3.63) is 35.6 Å². The maximum absolute atomic E-state index is 13.5. The third kappa shape index (κ3) is 3.53. The summed E-state index contributed by atoms with van der Waals surface area (Å²) in [6.07, 6.45) is 0.836. The maximum Gasteiger partial charge on any atom is 0.237 e. The lowest BCUT2D eigenvalue weighted by atomic mass is 9.98. The Labute approximate surface area is 108 Å². The van der Waals surface area contributed by atoms with Crippen molar-refractivity contribution in [1.82, 2.24) is 5.32 Å². The van der Waals surface area contributed by atoms with E-state index in [9.17, 15) is 9.18 Å². The first kappa shape index (κ1) is 14.6. The SMILES string of the molecule is CCC(C)[C@H](N)C(=O)N[C@H](C)c1ccccc1F. The van der Waals surface area contributed by atoms with E-state index in [-0.39, 0.29) is 23.7 Å². The third-order valence-electron chi connectivity index (χ3n) is 3.29. The predicted molar refractivity (Wildman–Crippen MR) is 70.4 cm³/mol. The molecule has 3 N–H and O–H groups in total. The number of carbonyl (C=O) groups excluding carboxylic acids is 1. The van der Waals surface area contributed by atoms with Crippen LogP contribution < -0.4 is 11.1 Å². The average Bonchev–Trinajstić information content (AvgIpc) is 2.37. The minimum atomic E-state index is -0.552. The molecule has 0 bridgehead atoms. The van der Waals surface area contributed by atoms with Crippen molar-refractivity contribution in [3.63, 3.8) is 0 Å². The largest absolute Gasteiger partial charge is 0.348 e. The standard InChI is InChI=1S/C14H21FN2O/c1-4-9(2)13(16)14(18)17-10(3)11-7-5-6-8-12(11)15/h5-10,13H,4,16H2,1-3H3,(H,17,18)/t9?,10-,13+/m1/s1. The lowest BCUT2D eigenvalue weighted by molar-refractivity contribution is -0.124. The first-order valence-corrected chi connectivity index (χ1v) is 6.27. The Hall–Kier alpha value is -1.42. The van der Waals surface area contributed by atoms with E-state index in [1.807, 2.05) is 13.8 Å². The molecule has 0 spiro atoms. The molecule has 3 nitrogen and oxygen atoms in total. The summed E-state index contributed by atoms with van der Waals surface area (Å²) in [5, 5.41) is 2.75. The lowest BCUT2D eigenvalue weighted by Gasteiger charge is -2.21. The van der Waals surface area contributed by atoms with Crippen LogP contribution in [0.5, 0.6) is 0 Å². The summed E-state index contributed by atoms with van der Waals surface area (Å²) >= 11 is 0. The zero-order chi connectivity index (χ0) is 13.7. The molecule has 3 atom stereocenters. The van der Waals surface area contributed by atoms with Gasteiger partial charge in [0, 0.05) is 5.56 Å². The van der Waals surface area contributed by atoms with Crippen LogP contribution in [0.4, 0.5) is 4.39 Å². The molecule has 0 aliphatic heterocycles. The van der Waals surface area contributed by atoms with Crippen molar-refractivity contribution < 1.29 is 9.18 Å². The van der Waals surface area contributed by atoms with E-state index >= 15 is 0 Å². The molecule has 0 heterocycles. The van der Waals surface area contributed by atoms with E-state index in [0.717, 1.165) is 6.42 Å². The van der Waals surface area contributed by atoms with Gasteiger partial charge in [-0.05, 0) is 18.9 Å². The molecule has 0 aliphatic carbocycles. The molecule has 0 fully saturated rings. The zero-order valence-corrected chi connectivity index (χ0v) is 11.1. The van der Waals surface area contributed by atoms with E-state index in [2.05, 4.69) is 5.32 Å². The topological polar surface area (TPSA) is 55.1 Å². The molecular weight excluding hydrogens is 231 g/mol. The van der Waals surface area contributed by atoms with Crippen molar-refractivity contribution >= 4 is 5.91 Å². The van der Waals surface area contributed by atoms with E-state index in [1.165, 1.54) is 6.07 Å². The third-order valence-corrected chi connectivity index (χ3v) is 3.29. The molecule has 0 saturated carbocycles. The number of halogens is 1. The Morgan fingerprint density at radius 1 is 1.39 bits per heavy atom. The Morgan fingerprint density at radius 3 is 2.56 bits per heavy atom. The summed E-state index contributed by atoms with van der Waals surface area (Å²) in [6.45, 7) is 5.66. The molecule has 1 rings (SSSR count). The molecule has 18 heavy (non-hydrogen) atoms. The molecule has 1 aromatic rings. The van der Waals surface area contributed by atoms with Crippen LogP contribution in [0.15, 0.2) is 24.3 Å². The molecule has 4 heteroatoms. The first-order valence-electron chi connectivity index (χ1n) is 6.27. The Morgan fingerprint density at radius 2 is 2.00 bits per heavy atom. The summed E-state index contributed by atoms with van der Waals surface area (Å²) < 4.78 is 13.5. The minimum absolute atomic E-state index is 0.109. The molecular formula is C14H21FN2O. The fraction of sp³-hybridized carbons (Fsp3) is 0.500. The monoisotopic (exact) mass is 252 g/mol. The van der Waals surface area contributed by atoms with Crippen molar-refractivity contribution in [2.24, 2.45) is 11.7 Å². The van der Waals surface area contributed by atoms with Crippen LogP contribution in [0.2, 0.25) is 0 Å². The molecule has 0 saturated heterocycles. The highest BCUT2D eigenvalue weighted by atomic mass is 19.1. The van der Waals surface area contributed by atoms with Crippen molar-refractivity contribution in [2.45, 2.75) is 39.3 Å². The number of hydrogen-bond donors (Lipinski definition) is 2. The van der Waals surface area contributed by atoms with Gasteiger partial charge in [-0.1, -0.05) is 38.5 Å². The number of carbonyl (C=O) groups is 1. The van der Waals surface area contributed by atoms with Gasteiger partial charge in [0.1, 0.15) is 5.82 Å². The summed E-state index contributed by atoms with van der Waals surface area (Å²) in [6, 6.07) is 5.48. The maximum atomic E-state index is 13.5. The highest BCUT2D eigenvalue weighted by Gasteiger charge is 2.21. The van der Waals surface area contributed by atoms with Gasteiger partial charge < -0.3 is 11.1 Å². The van der Waals surface area contributed by atoms with E-state index in [1.54, 1.807) is 25.1 Å². The van der Waals surface area contributed by atoms with Gasteiger partial charge in [-0.2, -0.15) is 0 Å². The fourth-order valence-electron chi connectivity index (χ4n) is 1.73. The number of amides is 1. The quantitative estimate of drug-likeness (QED) is 0.845. The van der Waals surface area contributed by atoms with Gasteiger partial charge >= 0.3 is 0 Å². The summed E-state index contributed by atoms with van der Waals surface area (Å²) in [4.78, 5) is 11.9. The Kier molecular flexibility index (Phi) is 5.28. The number of rotatable bonds is 5. The minimum Gasteiger partial charge on any atom is -0.348 e. The van der Waals surface area contributed by atoms with Gasteiger partial charge in [-0.3, -0.25) is 4.79 Å². The van der Waals surface area contributed by atoms with Crippen LogP contribution in [0, 0.1) is 11.7 Å². The van der Waals surface area contributed by atoms with Crippen molar-refractivity contribution in [2.75, 3.05) is 0 Å². The number of nitrogens with two attached hydrogens (primary N) is 1. The smallest absolute Gasteiger partial charge is 0.237 e. The molecule has 0 aliphatic rings. The Balaban J connectivity index is 2.68. The van der Waals surface area contributed by atoms with Gasteiger partial charge in [0.15, 0.2) is 0 Å². The number of benzene rings is 1. The lowest BCUT2D eigenvalue weighted by Crippen LogP contribution is -2.45. The van der Waals surface area contributed by atoms with Crippen molar-refractivity contribution in [1.29, 1.82) is 0 Å². The predicted octanol–water partition coefficient (Wildman–Crippen LogP) is 2.38. The second-order valence-electron chi connectivity index (χ2n) is 4.66. The normalized spacial score (nSPS) is 15.8. The average molecular weight is 252 g/mol. The van der Waals surface area contributed by atoms with Crippen LogP contribution in [0.3, 0.4) is 0 Å². The van der Waals surface area contributed by atoms with Gasteiger partial charge in [-0.15, -0.1) is 0 Å². The van der Waals surface area contributed by atoms with Gasteiger partial charge in [-0.25, -0.2) is 4.39 Å². The summed E-state index contributed by atoms with van der Waals surface area (Å²) in [5.41, 5.74) is 6.30. The van der Waals surface area contributed by atoms with Gasteiger partial charge in [0.25, 0.3) is 0 Å². The second kappa shape index (κ2) is 6.50.